The molecule has 2 aromatic carbocycles. The Hall–Kier alpha value is -3.13. The van der Waals surface area contributed by atoms with E-state index in [1.165, 1.54) is 11.6 Å². The second kappa shape index (κ2) is 8.71. The third-order valence-corrected chi connectivity index (χ3v) is 5.72. The molecule has 2 heterocycles. The van der Waals surface area contributed by atoms with Crippen LogP contribution < -0.4 is 14.8 Å². The van der Waals surface area contributed by atoms with Crippen LogP contribution in [0.4, 0.5) is 11.4 Å². The first kappa shape index (κ1) is 20.2. The molecular formula is C22H25N3O5. The van der Waals surface area contributed by atoms with Crippen molar-refractivity contribution < 1.29 is 19.2 Å². The van der Waals surface area contributed by atoms with Crippen LogP contribution in [0.2, 0.25) is 0 Å². The molecule has 1 saturated heterocycles. The number of anilines is 1. The number of hydrogen-bond acceptors (Lipinski definition) is 6. The van der Waals surface area contributed by atoms with Crippen LogP contribution in [0.1, 0.15) is 36.4 Å². The van der Waals surface area contributed by atoms with Crippen LogP contribution in [-0.4, -0.2) is 42.0 Å². The molecule has 2 aliphatic rings. The van der Waals surface area contributed by atoms with Crippen molar-refractivity contribution in [3.05, 3.63) is 57.6 Å². The zero-order valence-electron chi connectivity index (χ0n) is 16.9. The van der Waals surface area contributed by atoms with Crippen molar-refractivity contribution in [3.8, 4) is 11.5 Å². The minimum Gasteiger partial charge on any atom is -0.486 e. The second-order valence-corrected chi connectivity index (χ2v) is 7.60. The summed E-state index contributed by atoms with van der Waals surface area (Å²) in [6.45, 7) is 4.33. The fourth-order valence-corrected chi connectivity index (χ4v) is 4.15. The Morgan fingerprint density at radius 2 is 2.03 bits per heavy atom. The molecule has 1 amide bonds. The number of ether oxygens (including phenoxy) is 2. The van der Waals surface area contributed by atoms with Gasteiger partial charge in [0.05, 0.1) is 16.2 Å². The second-order valence-electron chi connectivity index (χ2n) is 7.60. The summed E-state index contributed by atoms with van der Waals surface area (Å²) in [4.78, 5) is 25.5. The molecule has 2 aromatic rings. The summed E-state index contributed by atoms with van der Waals surface area (Å²) in [5.41, 5.74) is 2.13. The topological polar surface area (TPSA) is 93.9 Å². The van der Waals surface area contributed by atoms with Gasteiger partial charge in [0, 0.05) is 25.1 Å². The van der Waals surface area contributed by atoms with Crippen LogP contribution in [-0.2, 0) is 4.79 Å². The van der Waals surface area contributed by atoms with Crippen molar-refractivity contribution in [3.63, 3.8) is 0 Å². The molecule has 1 N–H and O–H groups in total. The van der Waals surface area contributed by atoms with Gasteiger partial charge in [-0.3, -0.25) is 19.8 Å². The number of rotatable bonds is 6. The molecular weight excluding hydrogens is 386 g/mol. The SMILES string of the molecule is Cc1c(NC(=O)CCN2CCCC2c2ccc3c(c2)OCCO3)cccc1[N+](=O)[O-]. The number of likely N-dealkylation sites (tertiary alicyclic amines) is 1. The molecule has 0 aliphatic carbocycles. The minimum atomic E-state index is -0.437. The summed E-state index contributed by atoms with van der Waals surface area (Å²) < 4.78 is 11.3. The molecule has 30 heavy (non-hydrogen) atoms. The Balaban J connectivity index is 1.38. The van der Waals surface area contributed by atoms with Gasteiger partial charge in [0.2, 0.25) is 5.91 Å². The highest BCUT2D eigenvalue weighted by Gasteiger charge is 2.27. The molecule has 2 aliphatic heterocycles. The van der Waals surface area contributed by atoms with Crippen molar-refractivity contribution in [1.29, 1.82) is 0 Å². The zero-order chi connectivity index (χ0) is 21.1. The summed E-state index contributed by atoms with van der Waals surface area (Å²) in [6, 6.07) is 11.0. The quantitative estimate of drug-likeness (QED) is 0.573. The Morgan fingerprint density at radius 1 is 1.23 bits per heavy atom. The molecule has 8 heteroatoms. The van der Waals surface area contributed by atoms with Crippen molar-refractivity contribution in [2.24, 2.45) is 0 Å². The molecule has 0 radical (unpaired) electrons. The Labute approximate surface area is 174 Å². The van der Waals surface area contributed by atoms with Gasteiger partial charge in [-0.1, -0.05) is 12.1 Å². The van der Waals surface area contributed by atoms with Gasteiger partial charge in [-0.15, -0.1) is 0 Å². The molecule has 1 fully saturated rings. The standard InChI is InChI=1S/C22H25N3O5/c1-15-17(4-2-5-18(15)25(27)28)23-22(26)9-11-24-10-3-6-19(24)16-7-8-20-21(14-16)30-13-12-29-20/h2,4-5,7-8,14,19H,3,6,9-13H2,1H3,(H,23,26). The number of nitrogens with zero attached hydrogens (tertiary/aromatic N) is 2. The smallest absolute Gasteiger partial charge is 0.274 e. The first-order chi connectivity index (χ1) is 14.5. The van der Waals surface area contributed by atoms with E-state index in [0.29, 0.717) is 37.4 Å². The number of nitro benzene ring substituents is 1. The van der Waals surface area contributed by atoms with E-state index >= 15 is 0 Å². The molecule has 1 atom stereocenters. The fourth-order valence-electron chi connectivity index (χ4n) is 4.15. The third-order valence-electron chi connectivity index (χ3n) is 5.72. The van der Waals surface area contributed by atoms with Crippen LogP contribution in [0.3, 0.4) is 0 Å². The fraction of sp³-hybridized carbons (Fsp3) is 0.409. The van der Waals surface area contributed by atoms with E-state index in [2.05, 4.69) is 16.3 Å². The number of carbonyl (C=O) groups excluding carboxylic acids is 1. The molecule has 1 unspecified atom stereocenters. The number of nitrogens with one attached hydrogen (secondary N) is 1. The molecule has 0 spiro atoms. The van der Waals surface area contributed by atoms with E-state index in [1.807, 2.05) is 12.1 Å². The summed E-state index contributed by atoms with van der Waals surface area (Å²) in [5.74, 6) is 1.41. The molecule has 0 saturated carbocycles. The lowest BCUT2D eigenvalue weighted by atomic mass is 10.0. The van der Waals surface area contributed by atoms with Gasteiger partial charge in [-0.05, 0) is 50.1 Å². The van der Waals surface area contributed by atoms with Gasteiger partial charge < -0.3 is 14.8 Å². The molecule has 4 rings (SSSR count). The maximum atomic E-state index is 12.5. The summed E-state index contributed by atoms with van der Waals surface area (Å²) in [7, 11) is 0. The van der Waals surface area contributed by atoms with Gasteiger partial charge in [0.1, 0.15) is 13.2 Å². The number of carbonyl (C=O) groups is 1. The van der Waals surface area contributed by atoms with Crippen LogP contribution in [0.25, 0.3) is 0 Å². The average Bonchev–Trinajstić information content (AvgIpc) is 3.22. The summed E-state index contributed by atoms with van der Waals surface area (Å²) in [6.07, 6.45) is 2.43. The number of fused-ring (bicyclic) bond motifs is 1. The van der Waals surface area contributed by atoms with E-state index < -0.39 is 4.92 Å². The van der Waals surface area contributed by atoms with E-state index in [1.54, 1.807) is 19.1 Å². The minimum absolute atomic E-state index is 0.00557. The lowest BCUT2D eigenvalue weighted by molar-refractivity contribution is -0.385. The molecule has 0 aromatic heterocycles. The lowest BCUT2D eigenvalue weighted by Crippen LogP contribution is -2.28. The summed E-state index contributed by atoms with van der Waals surface area (Å²) in [5, 5.41) is 13.9. The lowest BCUT2D eigenvalue weighted by Gasteiger charge is -2.26. The highest BCUT2D eigenvalue weighted by molar-refractivity contribution is 5.92. The Morgan fingerprint density at radius 3 is 2.83 bits per heavy atom. The highest BCUT2D eigenvalue weighted by atomic mass is 16.6. The van der Waals surface area contributed by atoms with Crippen LogP contribution in [0.15, 0.2) is 36.4 Å². The summed E-state index contributed by atoms with van der Waals surface area (Å²) >= 11 is 0. The predicted molar refractivity (Wildman–Crippen MR) is 112 cm³/mol. The Bertz CT molecular complexity index is 962. The van der Waals surface area contributed by atoms with Crippen molar-refractivity contribution in [2.75, 3.05) is 31.6 Å². The maximum absolute atomic E-state index is 12.5. The van der Waals surface area contributed by atoms with E-state index in [-0.39, 0.29) is 17.6 Å². The van der Waals surface area contributed by atoms with Crippen molar-refractivity contribution in [2.45, 2.75) is 32.2 Å². The Kier molecular flexibility index (Phi) is 5.85. The van der Waals surface area contributed by atoms with Gasteiger partial charge in [-0.25, -0.2) is 0 Å². The van der Waals surface area contributed by atoms with Gasteiger partial charge in [0.25, 0.3) is 5.69 Å². The number of amides is 1. The predicted octanol–water partition coefficient (Wildman–Crippen LogP) is 3.84. The first-order valence-corrected chi connectivity index (χ1v) is 10.2. The largest absolute Gasteiger partial charge is 0.486 e. The van der Waals surface area contributed by atoms with E-state index in [0.717, 1.165) is 30.9 Å². The molecule has 8 nitrogen and oxygen atoms in total. The van der Waals surface area contributed by atoms with Crippen LogP contribution in [0.5, 0.6) is 11.5 Å². The third kappa shape index (κ3) is 4.23. The van der Waals surface area contributed by atoms with Crippen LogP contribution in [0, 0.1) is 17.0 Å². The zero-order valence-corrected chi connectivity index (χ0v) is 16.9. The monoisotopic (exact) mass is 411 g/mol. The van der Waals surface area contributed by atoms with Crippen molar-refractivity contribution in [1.82, 2.24) is 4.90 Å². The molecule has 0 bridgehead atoms. The van der Waals surface area contributed by atoms with Gasteiger partial charge >= 0.3 is 0 Å². The van der Waals surface area contributed by atoms with Gasteiger partial charge in [-0.2, -0.15) is 0 Å². The van der Waals surface area contributed by atoms with E-state index in [4.69, 9.17) is 9.47 Å². The van der Waals surface area contributed by atoms with Gasteiger partial charge in [0.15, 0.2) is 11.5 Å². The highest BCUT2D eigenvalue weighted by Crippen LogP contribution is 2.38. The number of benzene rings is 2. The van der Waals surface area contributed by atoms with Crippen LogP contribution >= 0.6 is 0 Å². The average molecular weight is 411 g/mol. The number of nitro groups is 1. The molecule has 158 valence electrons. The van der Waals surface area contributed by atoms with Crippen molar-refractivity contribution >= 4 is 17.3 Å². The first-order valence-electron chi connectivity index (χ1n) is 10.2. The number of hydrogen-bond donors (Lipinski definition) is 1. The van der Waals surface area contributed by atoms with E-state index in [9.17, 15) is 14.9 Å². The maximum Gasteiger partial charge on any atom is 0.274 e. The normalized spacial score (nSPS) is 18.2.